The lowest BCUT2D eigenvalue weighted by molar-refractivity contribution is -0.0562. The minimum atomic E-state index is -0.385. The van der Waals surface area contributed by atoms with Crippen LogP contribution >= 0.6 is 0 Å². The van der Waals surface area contributed by atoms with E-state index in [1.165, 1.54) is 13.0 Å². The van der Waals surface area contributed by atoms with Crippen molar-refractivity contribution in [3.8, 4) is 0 Å². The number of rotatable bonds is 3. The van der Waals surface area contributed by atoms with Crippen LogP contribution in [0.4, 0.5) is 0 Å². The number of likely N-dealkylation sites (tertiary alicyclic amines) is 1. The molecule has 1 rings (SSSR count). The Labute approximate surface area is 81.9 Å². The van der Waals surface area contributed by atoms with Gasteiger partial charge in [0.2, 0.25) is 0 Å². The molecule has 0 atom stereocenters. The van der Waals surface area contributed by atoms with Gasteiger partial charge in [-0.1, -0.05) is 20.8 Å². The van der Waals surface area contributed by atoms with Crippen molar-refractivity contribution in [1.82, 2.24) is 4.90 Å². The zero-order valence-electron chi connectivity index (χ0n) is 9.21. The van der Waals surface area contributed by atoms with Crippen LogP contribution < -0.4 is 0 Å². The second-order valence-electron chi connectivity index (χ2n) is 4.60. The van der Waals surface area contributed by atoms with E-state index in [1.807, 2.05) is 0 Å². The molecule has 13 heavy (non-hydrogen) atoms. The van der Waals surface area contributed by atoms with Gasteiger partial charge in [0.15, 0.2) is 0 Å². The van der Waals surface area contributed by atoms with Crippen LogP contribution in [0.5, 0.6) is 0 Å². The maximum atomic E-state index is 10.2. The van der Waals surface area contributed by atoms with Gasteiger partial charge in [0.1, 0.15) is 0 Å². The Hall–Kier alpha value is -0.0800. The first kappa shape index (κ1) is 11.0. The summed E-state index contributed by atoms with van der Waals surface area (Å²) in [7, 11) is 0. The molecule has 1 aliphatic heterocycles. The number of nitrogens with zero attached hydrogens (tertiary/aromatic N) is 1. The molecular weight excluding hydrogens is 162 g/mol. The van der Waals surface area contributed by atoms with E-state index in [-0.39, 0.29) is 5.60 Å². The van der Waals surface area contributed by atoms with Gasteiger partial charge in [0, 0.05) is 13.1 Å². The van der Waals surface area contributed by atoms with E-state index in [9.17, 15) is 5.11 Å². The fourth-order valence-corrected chi connectivity index (χ4v) is 2.06. The minimum absolute atomic E-state index is 0.385. The molecule has 0 amide bonds. The Morgan fingerprint density at radius 2 is 1.85 bits per heavy atom. The molecule has 0 aromatic carbocycles. The number of aliphatic hydroxyl groups is 1. The highest BCUT2D eigenvalue weighted by Gasteiger charge is 2.34. The molecule has 0 bridgehead atoms. The van der Waals surface area contributed by atoms with Crippen molar-refractivity contribution in [3.63, 3.8) is 0 Å². The van der Waals surface area contributed by atoms with Crippen LogP contribution in [0.25, 0.3) is 0 Å². The van der Waals surface area contributed by atoms with Crippen LogP contribution in [0.15, 0.2) is 0 Å². The smallest absolute Gasteiger partial charge is 0.0694 e. The van der Waals surface area contributed by atoms with Crippen molar-refractivity contribution in [3.05, 3.63) is 0 Å². The topological polar surface area (TPSA) is 23.5 Å². The molecule has 0 radical (unpaired) electrons. The lowest BCUT2D eigenvalue weighted by Crippen LogP contribution is -2.47. The van der Waals surface area contributed by atoms with Crippen LogP contribution in [0.3, 0.4) is 0 Å². The third-order valence-corrected chi connectivity index (χ3v) is 3.34. The maximum Gasteiger partial charge on any atom is 0.0694 e. The average Bonchev–Trinajstić information content (AvgIpc) is 2.09. The third kappa shape index (κ3) is 2.68. The van der Waals surface area contributed by atoms with E-state index in [0.717, 1.165) is 25.9 Å². The van der Waals surface area contributed by atoms with E-state index in [0.29, 0.717) is 5.92 Å². The average molecular weight is 185 g/mol. The highest BCUT2D eigenvalue weighted by atomic mass is 16.3. The van der Waals surface area contributed by atoms with Gasteiger partial charge >= 0.3 is 0 Å². The zero-order chi connectivity index (χ0) is 9.90. The van der Waals surface area contributed by atoms with Crippen LogP contribution in [-0.4, -0.2) is 35.2 Å². The largest absolute Gasteiger partial charge is 0.390 e. The molecule has 1 fully saturated rings. The Balaban J connectivity index is 2.37. The first-order valence-electron chi connectivity index (χ1n) is 5.53. The second kappa shape index (κ2) is 4.43. The molecule has 0 aromatic heterocycles. The molecule has 0 aliphatic carbocycles. The van der Waals surface area contributed by atoms with Gasteiger partial charge in [-0.15, -0.1) is 0 Å². The summed E-state index contributed by atoms with van der Waals surface area (Å²) in [6, 6.07) is 0. The molecule has 0 saturated carbocycles. The molecule has 1 saturated heterocycles. The number of piperidine rings is 1. The molecule has 0 unspecified atom stereocenters. The predicted molar refractivity (Wildman–Crippen MR) is 55.8 cm³/mol. The Morgan fingerprint density at radius 3 is 2.23 bits per heavy atom. The summed E-state index contributed by atoms with van der Waals surface area (Å²) in [4.78, 5) is 2.46. The Kier molecular flexibility index (Phi) is 3.74. The molecular formula is C11H23NO. The van der Waals surface area contributed by atoms with E-state index in [4.69, 9.17) is 0 Å². The van der Waals surface area contributed by atoms with Crippen molar-refractivity contribution in [2.24, 2.45) is 5.92 Å². The van der Waals surface area contributed by atoms with Gasteiger partial charge in [-0.2, -0.15) is 0 Å². The number of hydrogen-bond donors (Lipinski definition) is 1. The van der Waals surface area contributed by atoms with Gasteiger partial charge in [0.05, 0.1) is 5.60 Å². The summed E-state index contributed by atoms with van der Waals surface area (Å²) in [5, 5.41) is 10.2. The van der Waals surface area contributed by atoms with Crippen molar-refractivity contribution in [2.45, 2.75) is 45.6 Å². The highest BCUT2D eigenvalue weighted by Crippen LogP contribution is 2.29. The fraction of sp³-hybridized carbons (Fsp3) is 1.00. The summed E-state index contributed by atoms with van der Waals surface area (Å²) < 4.78 is 0. The first-order valence-corrected chi connectivity index (χ1v) is 5.53. The Morgan fingerprint density at radius 1 is 1.31 bits per heavy atom. The number of hydrogen-bond acceptors (Lipinski definition) is 2. The molecule has 1 heterocycles. The quantitative estimate of drug-likeness (QED) is 0.725. The van der Waals surface area contributed by atoms with E-state index in [1.54, 1.807) is 0 Å². The minimum Gasteiger partial charge on any atom is -0.390 e. The summed E-state index contributed by atoms with van der Waals surface area (Å²) in [5.41, 5.74) is -0.385. The second-order valence-corrected chi connectivity index (χ2v) is 4.60. The van der Waals surface area contributed by atoms with Gasteiger partial charge in [-0.25, -0.2) is 0 Å². The van der Waals surface area contributed by atoms with Gasteiger partial charge in [-0.05, 0) is 31.7 Å². The molecule has 2 heteroatoms. The summed E-state index contributed by atoms with van der Waals surface area (Å²) in [6.07, 6.45) is 3.12. The molecule has 78 valence electrons. The van der Waals surface area contributed by atoms with Crippen molar-refractivity contribution in [2.75, 3.05) is 19.6 Å². The van der Waals surface area contributed by atoms with Gasteiger partial charge in [0.25, 0.3) is 0 Å². The first-order chi connectivity index (χ1) is 6.08. The highest BCUT2D eigenvalue weighted by molar-refractivity contribution is 4.87. The van der Waals surface area contributed by atoms with E-state index >= 15 is 0 Å². The summed E-state index contributed by atoms with van der Waals surface area (Å²) in [5.74, 6) is 0.399. The molecule has 2 nitrogen and oxygen atoms in total. The van der Waals surface area contributed by atoms with Crippen molar-refractivity contribution >= 4 is 0 Å². The third-order valence-electron chi connectivity index (χ3n) is 3.34. The van der Waals surface area contributed by atoms with Gasteiger partial charge in [-0.3, -0.25) is 0 Å². The fourth-order valence-electron chi connectivity index (χ4n) is 2.06. The molecule has 0 spiro atoms. The van der Waals surface area contributed by atoms with Crippen LogP contribution in [0, 0.1) is 5.92 Å². The van der Waals surface area contributed by atoms with Gasteiger partial charge < -0.3 is 10.0 Å². The lowest BCUT2D eigenvalue weighted by Gasteiger charge is -2.40. The van der Waals surface area contributed by atoms with E-state index < -0.39 is 0 Å². The summed E-state index contributed by atoms with van der Waals surface area (Å²) in [6.45, 7) is 9.79. The normalized spacial score (nSPS) is 23.8. The molecule has 1 aliphatic rings. The molecule has 0 aromatic rings. The predicted octanol–water partition coefficient (Wildman–Crippen LogP) is 1.88. The Bertz CT molecular complexity index is 148. The van der Waals surface area contributed by atoms with Crippen molar-refractivity contribution < 1.29 is 5.11 Å². The van der Waals surface area contributed by atoms with Crippen LogP contribution in [0.1, 0.15) is 40.0 Å². The standard InChI is InChI=1S/C11H23NO/c1-4-7-12-8-5-11(13,6-9-12)10(2)3/h10,13H,4-9H2,1-3H3. The lowest BCUT2D eigenvalue weighted by atomic mass is 9.81. The zero-order valence-corrected chi connectivity index (χ0v) is 9.21. The van der Waals surface area contributed by atoms with Crippen molar-refractivity contribution in [1.29, 1.82) is 0 Å². The summed E-state index contributed by atoms with van der Waals surface area (Å²) >= 11 is 0. The molecule has 1 N–H and O–H groups in total. The van der Waals surface area contributed by atoms with Crippen LogP contribution in [0.2, 0.25) is 0 Å². The monoisotopic (exact) mass is 185 g/mol. The van der Waals surface area contributed by atoms with Crippen LogP contribution in [-0.2, 0) is 0 Å². The maximum absolute atomic E-state index is 10.2. The van der Waals surface area contributed by atoms with E-state index in [2.05, 4.69) is 25.7 Å². The SMILES string of the molecule is CCCN1CCC(O)(C(C)C)CC1.